The quantitative estimate of drug-likeness (QED) is 0.323. The standard InChI is InChI=1S/C27H29N3O4S2/c1-18-14-19(2)16-29(15-18)36(32,33)23-11-9-21(10-12-23)26(31)30(17-22-7-5-13-34-22)27-28-25-20(3)6-4-8-24(25)35-27/h4-13,18-19H,14-17H2,1-3H3. The Kier molecular flexibility index (Phi) is 6.72. The molecule has 9 heteroatoms. The zero-order valence-corrected chi connectivity index (χ0v) is 22.2. The molecule has 0 radical (unpaired) electrons. The summed E-state index contributed by atoms with van der Waals surface area (Å²) in [4.78, 5) is 20.2. The lowest BCUT2D eigenvalue weighted by molar-refractivity contribution is 0.0983. The van der Waals surface area contributed by atoms with Crippen LogP contribution in [-0.2, 0) is 16.6 Å². The second kappa shape index (κ2) is 9.80. The lowest BCUT2D eigenvalue weighted by Gasteiger charge is -2.34. The number of aryl methyl sites for hydroxylation is 1. The van der Waals surface area contributed by atoms with Crippen LogP contribution in [0.5, 0.6) is 0 Å². The summed E-state index contributed by atoms with van der Waals surface area (Å²) in [5, 5.41) is 0.564. The van der Waals surface area contributed by atoms with Crippen molar-refractivity contribution in [2.24, 2.45) is 11.8 Å². The van der Waals surface area contributed by atoms with Crippen LogP contribution in [-0.4, -0.2) is 36.7 Å². The average molecular weight is 524 g/mol. The first-order valence-electron chi connectivity index (χ1n) is 12.0. The summed E-state index contributed by atoms with van der Waals surface area (Å²) >= 11 is 1.44. The molecule has 4 aromatic rings. The van der Waals surface area contributed by atoms with E-state index in [4.69, 9.17) is 9.40 Å². The smallest absolute Gasteiger partial charge is 0.260 e. The average Bonchev–Trinajstić information content (AvgIpc) is 3.52. The number of benzene rings is 2. The molecule has 3 heterocycles. The minimum absolute atomic E-state index is 0.202. The zero-order valence-electron chi connectivity index (χ0n) is 20.5. The van der Waals surface area contributed by atoms with Crippen molar-refractivity contribution >= 4 is 42.6 Å². The molecule has 2 aromatic carbocycles. The maximum atomic E-state index is 13.7. The Hall–Kier alpha value is -3.01. The highest BCUT2D eigenvalue weighted by atomic mass is 32.2. The van der Waals surface area contributed by atoms with Crippen molar-refractivity contribution in [2.75, 3.05) is 18.0 Å². The SMILES string of the molecule is Cc1cccc2sc(N(Cc3ccco3)C(=O)c3ccc(S(=O)(=O)N4CC(C)CC(C)C4)cc3)nc12. The molecule has 1 saturated heterocycles. The van der Waals surface area contributed by atoms with Crippen LogP contribution in [0.1, 0.15) is 41.9 Å². The molecule has 0 N–H and O–H groups in total. The fourth-order valence-electron chi connectivity index (χ4n) is 4.85. The summed E-state index contributed by atoms with van der Waals surface area (Å²) in [7, 11) is -3.62. The molecular formula is C27H29N3O4S2. The van der Waals surface area contributed by atoms with Crippen molar-refractivity contribution in [3.8, 4) is 0 Å². The summed E-state index contributed by atoms with van der Waals surface area (Å²) in [6, 6.07) is 15.8. The van der Waals surface area contributed by atoms with E-state index in [0.29, 0.717) is 41.4 Å². The molecule has 0 bridgehead atoms. The fraction of sp³-hybridized carbons (Fsp3) is 0.333. The van der Waals surface area contributed by atoms with Gasteiger partial charge in [0.1, 0.15) is 5.76 Å². The van der Waals surface area contributed by atoms with Crippen molar-refractivity contribution in [3.63, 3.8) is 0 Å². The maximum absolute atomic E-state index is 13.7. The molecule has 2 unspecified atom stereocenters. The van der Waals surface area contributed by atoms with Crippen LogP contribution in [0.4, 0.5) is 5.13 Å². The van der Waals surface area contributed by atoms with Crippen molar-refractivity contribution in [2.45, 2.75) is 38.6 Å². The Morgan fingerprint density at radius 1 is 1.08 bits per heavy atom. The first-order valence-corrected chi connectivity index (χ1v) is 14.3. The molecule has 36 heavy (non-hydrogen) atoms. The van der Waals surface area contributed by atoms with Gasteiger partial charge in [0.25, 0.3) is 5.91 Å². The number of hydrogen-bond acceptors (Lipinski definition) is 6. The van der Waals surface area contributed by atoms with E-state index < -0.39 is 10.0 Å². The summed E-state index contributed by atoms with van der Waals surface area (Å²) < 4.78 is 34.6. The van der Waals surface area contributed by atoms with Gasteiger partial charge in [-0.1, -0.05) is 37.3 Å². The van der Waals surface area contributed by atoms with Crippen molar-refractivity contribution in [3.05, 3.63) is 77.7 Å². The minimum atomic E-state index is -3.62. The van der Waals surface area contributed by atoms with E-state index >= 15 is 0 Å². The number of aromatic nitrogens is 1. The number of sulfonamides is 1. The van der Waals surface area contributed by atoms with Crippen molar-refractivity contribution < 1.29 is 17.6 Å². The third kappa shape index (κ3) is 4.83. The highest BCUT2D eigenvalue weighted by Crippen LogP contribution is 2.33. The molecular weight excluding hydrogens is 494 g/mol. The van der Waals surface area contributed by atoms with Crippen LogP contribution in [0.25, 0.3) is 10.2 Å². The van der Waals surface area contributed by atoms with Gasteiger partial charge in [-0.2, -0.15) is 4.31 Å². The van der Waals surface area contributed by atoms with Crippen LogP contribution < -0.4 is 4.90 Å². The van der Waals surface area contributed by atoms with Gasteiger partial charge < -0.3 is 4.42 Å². The Bertz CT molecular complexity index is 1470. The van der Waals surface area contributed by atoms with Gasteiger partial charge in [0, 0.05) is 18.7 Å². The van der Waals surface area contributed by atoms with Gasteiger partial charge in [0.2, 0.25) is 10.0 Å². The number of furan rings is 1. The second-order valence-corrected chi connectivity index (χ2v) is 12.6. The van der Waals surface area contributed by atoms with Gasteiger partial charge in [0.05, 0.1) is 27.9 Å². The molecule has 0 aliphatic carbocycles. The second-order valence-electron chi connectivity index (χ2n) is 9.68. The number of hydrogen-bond donors (Lipinski definition) is 0. The van der Waals surface area contributed by atoms with E-state index in [1.165, 1.54) is 23.5 Å². The predicted octanol–water partition coefficient (Wildman–Crippen LogP) is 5.71. The molecule has 1 amide bonds. The summed E-state index contributed by atoms with van der Waals surface area (Å²) in [6.07, 6.45) is 2.60. The van der Waals surface area contributed by atoms with E-state index in [1.807, 2.05) is 31.2 Å². The highest BCUT2D eigenvalue weighted by molar-refractivity contribution is 7.89. The van der Waals surface area contributed by atoms with Gasteiger partial charge in [-0.15, -0.1) is 0 Å². The monoisotopic (exact) mass is 523 g/mol. The molecule has 1 fully saturated rings. The number of fused-ring (bicyclic) bond motifs is 1. The molecule has 5 rings (SSSR count). The van der Waals surface area contributed by atoms with E-state index in [1.54, 1.807) is 33.7 Å². The molecule has 0 spiro atoms. The number of thiazole rings is 1. The normalized spacial score (nSPS) is 19.0. The van der Waals surface area contributed by atoms with Crippen molar-refractivity contribution in [1.82, 2.24) is 9.29 Å². The summed E-state index contributed by atoms with van der Waals surface area (Å²) in [5.74, 6) is 0.994. The van der Waals surface area contributed by atoms with Crippen LogP contribution >= 0.6 is 11.3 Å². The van der Waals surface area contributed by atoms with Crippen molar-refractivity contribution in [1.29, 1.82) is 0 Å². The molecule has 7 nitrogen and oxygen atoms in total. The van der Waals surface area contributed by atoms with Crippen LogP contribution in [0.2, 0.25) is 0 Å². The molecule has 0 saturated carbocycles. The van der Waals surface area contributed by atoms with Crippen LogP contribution in [0.15, 0.2) is 70.2 Å². The molecule has 188 valence electrons. The van der Waals surface area contributed by atoms with Gasteiger partial charge in [-0.05, 0) is 73.2 Å². The lowest BCUT2D eigenvalue weighted by Crippen LogP contribution is -2.42. The van der Waals surface area contributed by atoms with Gasteiger partial charge >= 0.3 is 0 Å². The third-order valence-electron chi connectivity index (χ3n) is 6.55. The van der Waals surface area contributed by atoms with E-state index in [2.05, 4.69) is 13.8 Å². The Balaban J connectivity index is 1.45. The molecule has 2 atom stereocenters. The Labute approximate surface area is 215 Å². The fourth-order valence-corrected chi connectivity index (χ4v) is 7.57. The number of para-hydroxylation sites is 1. The van der Waals surface area contributed by atoms with E-state index in [-0.39, 0.29) is 17.3 Å². The largest absolute Gasteiger partial charge is 0.467 e. The first kappa shape index (κ1) is 24.7. The number of anilines is 1. The molecule has 1 aliphatic rings. The Morgan fingerprint density at radius 2 is 1.81 bits per heavy atom. The molecule has 2 aromatic heterocycles. The number of nitrogens with zero attached hydrogens (tertiary/aromatic N) is 3. The van der Waals surface area contributed by atoms with Gasteiger partial charge in [0.15, 0.2) is 5.13 Å². The van der Waals surface area contributed by atoms with Crippen LogP contribution in [0, 0.1) is 18.8 Å². The third-order valence-corrected chi connectivity index (χ3v) is 9.44. The summed E-state index contributed by atoms with van der Waals surface area (Å²) in [5.41, 5.74) is 2.29. The zero-order chi connectivity index (χ0) is 25.4. The molecule has 1 aliphatic heterocycles. The van der Waals surface area contributed by atoms with Crippen LogP contribution in [0.3, 0.4) is 0 Å². The number of carbonyl (C=O) groups excluding carboxylic acids is 1. The predicted molar refractivity (Wildman–Crippen MR) is 142 cm³/mol. The van der Waals surface area contributed by atoms with Gasteiger partial charge in [-0.25, -0.2) is 13.4 Å². The maximum Gasteiger partial charge on any atom is 0.260 e. The van der Waals surface area contributed by atoms with E-state index in [0.717, 1.165) is 22.2 Å². The number of carbonyl (C=O) groups is 1. The van der Waals surface area contributed by atoms with Gasteiger partial charge in [-0.3, -0.25) is 9.69 Å². The number of piperidine rings is 1. The topological polar surface area (TPSA) is 83.7 Å². The highest BCUT2D eigenvalue weighted by Gasteiger charge is 2.32. The number of amides is 1. The summed E-state index contributed by atoms with van der Waals surface area (Å²) in [6.45, 7) is 7.40. The number of rotatable bonds is 6. The Morgan fingerprint density at radius 3 is 2.44 bits per heavy atom. The first-order chi connectivity index (χ1) is 17.2. The minimum Gasteiger partial charge on any atom is -0.467 e. The lowest BCUT2D eigenvalue weighted by atomic mass is 9.94. The van der Waals surface area contributed by atoms with E-state index in [9.17, 15) is 13.2 Å².